The van der Waals surface area contributed by atoms with Gasteiger partial charge in [-0.1, -0.05) is 31.9 Å². The molecule has 0 aliphatic heterocycles. The summed E-state index contributed by atoms with van der Waals surface area (Å²) in [5.41, 5.74) is 0.861. The minimum atomic E-state index is -0.156. The lowest BCUT2D eigenvalue weighted by atomic mass is 9.88. The molecule has 1 aromatic heterocycles. The summed E-state index contributed by atoms with van der Waals surface area (Å²) in [6.45, 7) is 2.63. The lowest BCUT2D eigenvalue weighted by Crippen LogP contribution is -2.36. The highest BCUT2D eigenvalue weighted by atomic mass is 32.1. The highest BCUT2D eigenvalue weighted by Gasteiger charge is 2.35. The molecular weight excluding hydrogens is 256 g/mol. The first-order chi connectivity index (χ1) is 9.17. The Morgan fingerprint density at radius 2 is 2.11 bits per heavy atom. The van der Waals surface area contributed by atoms with Crippen LogP contribution in [0.25, 0.3) is 10.2 Å². The maximum atomic E-state index is 12.2. The van der Waals surface area contributed by atoms with Crippen LogP contribution in [0.15, 0.2) is 24.3 Å². The third-order valence-electron chi connectivity index (χ3n) is 3.99. The third kappa shape index (κ3) is 2.50. The van der Waals surface area contributed by atoms with Crippen molar-refractivity contribution < 1.29 is 4.79 Å². The van der Waals surface area contributed by atoms with E-state index in [1.165, 1.54) is 17.5 Å². The number of nitrogens with one attached hydrogen (secondary N) is 1. The van der Waals surface area contributed by atoms with Gasteiger partial charge in [-0.25, -0.2) is 4.98 Å². The predicted octanol–water partition coefficient (Wildman–Crippen LogP) is 3.49. The SMILES string of the molecule is CC1(C(=O)NCc2nc3ccccc3s2)CCCC1. The number of fused-ring (bicyclic) bond motifs is 1. The maximum Gasteiger partial charge on any atom is 0.226 e. The van der Waals surface area contributed by atoms with E-state index in [0.29, 0.717) is 6.54 Å². The Morgan fingerprint density at radius 1 is 1.37 bits per heavy atom. The fourth-order valence-electron chi connectivity index (χ4n) is 2.75. The summed E-state index contributed by atoms with van der Waals surface area (Å²) in [6, 6.07) is 8.08. The fourth-order valence-corrected chi connectivity index (χ4v) is 3.65. The number of amides is 1. The first kappa shape index (κ1) is 12.6. The quantitative estimate of drug-likeness (QED) is 0.931. The van der Waals surface area contributed by atoms with Crippen molar-refractivity contribution in [1.82, 2.24) is 10.3 Å². The van der Waals surface area contributed by atoms with Gasteiger partial charge in [0, 0.05) is 5.41 Å². The first-order valence-electron chi connectivity index (χ1n) is 6.80. The Bertz CT molecular complexity index is 566. The van der Waals surface area contributed by atoms with Crippen molar-refractivity contribution in [3.05, 3.63) is 29.3 Å². The van der Waals surface area contributed by atoms with Gasteiger partial charge in [-0.15, -0.1) is 11.3 Å². The average molecular weight is 274 g/mol. The third-order valence-corrected chi connectivity index (χ3v) is 5.03. The Kier molecular flexibility index (Phi) is 3.27. The molecule has 1 aliphatic carbocycles. The molecule has 0 unspecified atom stereocenters. The smallest absolute Gasteiger partial charge is 0.226 e. The largest absolute Gasteiger partial charge is 0.349 e. The van der Waals surface area contributed by atoms with Crippen molar-refractivity contribution in [2.24, 2.45) is 5.41 Å². The van der Waals surface area contributed by atoms with Gasteiger partial charge in [-0.05, 0) is 25.0 Å². The zero-order valence-corrected chi connectivity index (χ0v) is 11.9. The number of aromatic nitrogens is 1. The molecule has 3 rings (SSSR count). The van der Waals surface area contributed by atoms with E-state index in [0.717, 1.165) is 23.4 Å². The second kappa shape index (κ2) is 4.93. The Balaban J connectivity index is 1.67. The number of carbonyl (C=O) groups excluding carboxylic acids is 1. The number of nitrogens with zero attached hydrogens (tertiary/aromatic N) is 1. The van der Waals surface area contributed by atoms with Crippen LogP contribution in [0.1, 0.15) is 37.6 Å². The molecule has 1 aliphatic rings. The molecule has 0 spiro atoms. The summed E-state index contributed by atoms with van der Waals surface area (Å²) >= 11 is 1.65. The van der Waals surface area contributed by atoms with Crippen LogP contribution in [0.4, 0.5) is 0 Å². The van der Waals surface area contributed by atoms with Gasteiger partial charge in [0.25, 0.3) is 0 Å². The van der Waals surface area contributed by atoms with E-state index in [2.05, 4.69) is 23.3 Å². The van der Waals surface area contributed by atoms with E-state index in [9.17, 15) is 4.79 Å². The van der Waals surface area contributed by atoms with Crippen molar-refractivity contribution in [2.75, 3.05) is 0 Å². The molecule has 0 radical (unpaired) electrons. The van der Waals surface area contributed by atoms with E-state index >= 15 is 0 Å². The summed E-state index contributed by atoms with van der Waals surface area (Å²) in [4.78, 5) is 16.8. The molecule has 19 heavy (non-hydrogen) atoms. The van der Waals surface area contributed by atoms with Gasteiger partial charge in [-0.3, -0.25) is 4.79 Å². The summed E-state index contributed by atoms with van der Waals surface area (Å²) in [6.07, 6.45) is 4.37. The number of rotatable bonds is 3. The summed E-state index contributed by atoms with van der Waals surface area (Å²) < 4.78 is 1.18. The van der Waals surface area contributed by atoms with E-state index in [1.807, 2.05) is 18.2 Å². The lowest BCUT2D eigenvalue weighted by molar-refractivity contribution is -0.130. The van der Waals surface area contributed by atoms with Gasteiger partial charge in [-0.2, -0.15) is 0 Å². The van der Waals surface area contributed by atoms with Gasteiger partial charge >= 0.3 is 0 Å². The molecule has 1 aromatic carbocycles. The van der Waals surface area contributed by atoms with Crippen LogP contribution < -0.4 is 5.32 Å². The molecule has 4 heteroatoms. The first-order valence-corrected chi connectivity index (χ1v) is 7.62. The van der Waals surface area contributed by atoms with Crippen molar-refractivity contribution in [3.8, 4) is 0 Å². The van der Waals surface area contributed by atoms with Crippen LogP contribution in [0.2, 0.25) is 0 Å². The van der Waals surface area contributed by atoms with Gasteiger partial charge < -0.3 is 5.32 Å². The van der Waals surface area contributed by atoms with Crippen molar-refractivity contribution in [1.29, 1.82) is 0 Å². The highest BCUT2D eigenvalue weighted by Crippen LogP contribution is 2.37. The summed E-state index contributed by atoms with van der Waals surface area (Å²) in [7, 11) is 0. The molecule has 1 heterocycles. The fraction of sp³-hybridized carbons (Fsp3) is 0.467. The molecule has 1 N–H and O–H groups in total. The second-order valence-electron chi connectivity index (χ2n) is 5.53. The monoisotopic (exact) mass is 274 g/mol. The minimum Gasteiger partial charge on any atom is -0.349 e. The van der Waals surface area contributed by atoms with Crippen molar-refractivity contribution >= 4 is 27.5 Å². The number of hydrogen-bond acceptors (Lipinski definition) is 3. The van der Waals surface area contributed by atoms with Crippen LogP contribution >= 0.6 is 11.3 Å². The lowest BCUT2D eigenvalue weighted by Gasteiger charge is -2.21. The standard InChI is InChI=1S/C15H18N2OS/c1-15(8-4-5-9-15)14(18)16-10-13-17-11-6-2-3-7-12(11)19-13/h2-3,6-7H,4-5,8-10H2,1H3,(H,16,18). The van der Waals surface area contributed by atoms with Crippen LogP contribution in [0.5, 0.6) is 0 Å². The molecule has 1 saturated carbocycles. The van der Waals surface area contributed by atoms with Crippen molar-refractivity contribution in [2.45, 2.75) is 39.2 Å². The van der Waals surface area contributed by atoms with Gasteiger partial charge in [0.2, 0.25) is 5.91 Å². The number of para-hydroxylation sites is 1. The van der Waals surface area contributed by atoms with E-state index in [4.69, 9.17) is 0 Å². The van der Waals surface area contributed by atoms with Gasteiger partial charge in [0.05, 0.1) is 16.8 Å². The van der Waals surface area contributed by atoms with Crippen molar-refractivity contribution in [3.63, 3.8) is 0 Å². The second-order valence-corrected chi connectivity index (χ2v) is 6.64. The van der Waals surface area contributed by atoms with E-state index in [1.54, 1.807) is 11.3 Å². The minimum absolute atomic E-state index is 0.156. The summed E-state index contributed by atoms with van der Waals surface area (Å²) in [5.74, 6) is 0.184. The zero-order valence-electron chi connectivity index (χ0n) is 11.1. The molecule has 100 valence electrons. The number of carbonyl (C=O) groups is 1. The molecule has 1 amide bonds. The molecule has 0 atom stereocenters. The number of benzene rings is 1. The maximum absolute atomic E-state index is 12.2. The topological polar surface area (TPSA) is 42.0 Å². The Morgan fingerprint density at radius 3 is 2.84 bits per heavy atom. The van der Waals surface area contributed by atoms with Crippen LogP contribution in [-0.4, -0.2) is 10.9 Å². The van der Waals surface area contributed by atoms with E-state index < -0.39 is 0 Å². The van der Waals surface area contributed by atoms with Crippen LogP contribution in [-0.2, 0) is 11.3 Å². The predicted molar refractivity (Wildman–Crippen MR) is 78.0 cm³/mol. The summed E-state index contributed by atoms with van der Waals surface area (Å²) in [5, 5.41) is 4.03. The number of thiazole rings is 1. The Hall–Kier alpha value is -1.42. The zero-order chi connectivity index (χ0) is 13.3. The molecular formula is C15H18N2OS. The molecule has 0 bridgehead atoms. The van der Waals surface area contributed by atoms with Crippen LogP contribution in [0, 0.1) is 5.41 Å². The normalized spacial score (nSPS) is 17.7. The van der Waals surface area contributed by atoms with Gasteiger partial charge in [0.15, 0.2) is 0 Å². The molecule has 0 saturated heterocycles. The van der Waals surface area contributed by atoms with Crippen LogP contribution in [0.3, 0.4) is 0 Å². The molecule has 3 nitrogen and oxygen atoms in total. The molecule has 1 fully saturated rings. The Labute approximate surface area is 117 Å². The van der Waals surface area contributed by atoms with Gasteiger partial charge in [0.1, 0.15) is 5.01 Å². The number of hydrogen-bond donors (Lipinski definition) is 1. The van der Waals surface area contributed by atoms with E-state index in [-0.39, 0.29) is 11.3 Å². The molecule has 2 aromatic rings. The average Bonchev–Trinajstić information content (AvgIpc) is 3.02. The highest BCUT2D eigenvalue weighted by molar-refractivity contribution is 7.18.